The van der Waals surface area contributed by atoms with Crippen molar-refractivity contribution in [2.24, 2.45) is 5.92 Å². The number of hydrogen-bond acceptors (Lipinski definition) is 4. The van der Waals surface area contributed by atoms with Crippen LogP contribution in [0, 0.1) is 5.92 Å². The van der Waals surface area contributed by atoms with E-state index in [0.717, 1.165) is 25.1 Å². The second-order valence-corrected chi connectivity index (χ2v) is 6.56. The summed E-state index contributed by atoms with van der Waals surface area (Å²) in [6.45, 7) is 0.947. The Morgan fingerprint density at radius 2 is 1.88 bits per heavy atom. The highest BCUT2D eigenvalue weighted by molar-refractivity contribution is 5.60. The van der Waals surface area contributed by atoms with Crippen LogP contribution in [0.2, 0.25) is 0 Å². The molecule has 2 atom stereocenters. The average Bonchev–Trinajstić information content (AvgIpc) is 2.88. The molecule has 2 aliphatic rings. The van der Waals surface area contributed by atoms with Gasteiger partial charge in [-0.25, -0.2) is 4.98 Å². The Morgan fingerprint density at radius 3 is 2.58 bits per heavy atom. The van der Waals surface area contributed by atoms with Gasteiger partial charge in [0.05, 0.1) is 17.5 Å². The van der Waals surface area contributed by atoms with E-state index in [9.17, 15) is 13.2 Å². The third-order valence-electron chi connectivity index (χ3n) is 4.96. The fraction of sp³-hybridized carbons (Fsp3) is 0.471. The number of hydrogen-bond donors (Lipinski definition) is 0. The fourth-order valence-electron chi connectivity index (χ4n) is 3.77. The second kappa shape index (κ2) is 5.72. The van der Waals surface area contributed by atoms with Gasteiger partial charge < -0.3 is 4.90 Å². The van der Waals surface area contributed by atoms with Crippen LogP contribution >= 0.6 is 0 Å². The summed E-state index contributed by atoms with van der Waals surface area (Å²) in [4.78, 5) is 6.75. The molecule has 2 bridgehead atoms. The molecule has 1 aliphatic carbocycles. The zero-order valence-corrected chi connectivity index (χ0v) is 13.0. The first-order valence-corrected chi connectivity index (χ1v) is 8.15. The molecule has 1 aliphatic heterocycles. The Labute approximate surface area is 137 Å². The largest absolute Gasteiger partial charge is 0.416 e. The van der Waals surface area contributed by atoms with E-state index in [4.69, 9.17) is 0 Å². The SMILES string of the molecule is FC(F)(F)c1ccc(-c2cnnc(N3C[C@@H]4CCC[C@H]3C4)n2)cc1. The van der Waals surface area contributed by atoms with Crippen LogP contribution in [0.1, 0.15) is 31.2 Å². The topological polar surface area (TPSA) is 41.9 Å². The number of aromatic nitrogens is 3. The lowest BCUT2D eigenvalue weighted by molar-refractivity contribution is -0.137. The number of anilines is 1. The van der Waals surface area contributed by atoms with Crippen LogP contribution in [0.3, 0.4) is 0 Å². The van der Waals surface area contributed by atoms with Crippen molar-refractivity contribution >= 4 is 5.95 Å². The second-order valence-electron chi connectivity index (χ2n) is 6.56. The summed E-state index contributed by atoms with van der Waals surface area (Å²) in [5.41, 5.74) is 0.498. The number of fused-ring (bicyclic) bond motifs is 2. The minimum Gasteiger partial charge on any atom is -0.336 e. The van der Waals surface area contributed by atoms with Gasteiger partial charge in [-0.3, -0.25) is 0 Å². The van der Waals surface area contributed by atoms with Crippen molar-refractivity contribution in [2.45, 2.75) is 37.9 Å². The van der Waals surface area contributed by atoms with Gasteiger partial charge in [-0.05, 0) is 37.3 Å². The molecule has 2 heterocycles. The molecule has 4 nitrogen and oxygen atoms in total. The maximum atomic E-state index is 12.7. The molecule has 0 unspecified atom stereocenters. The highest BCUT2D eigenvalue weighted by Crippen LogP contribution is 2.37. The smallest absolute Gasteiger partial charge is 0.336 e. The van der Waals surface area contributed by atoms with Crippen LogP contribution in [-0.4, -0.2) is 27.8 Å². The van der Waals surface area contributed by atoms with Crippen molar-refractivity contribution in [3.63, 3.8) is 0 Å². The summed E-state index contributed by atoms with van der Waals surface area (Å²) in [6, 6.07) is 5.46. The van der Waals surface area contributed by atoms with Gasteiger partial charge in [0.25, 0.3) is 0 Å². The van der Waals surface area contributed by atoms with Crippen molar-refractivity contribution in [2.75, 3.05) is 11.4 Å². The van der Waals surface area contributed by atoms with Crippen LogP contribution < -0.4 is 4.90 Å². The molecular formula is C17H17F3N4. The zero-order chi connectivity index (χ0) is 16.7. The van der Waals surface area contributed by atoms with E-state index in [1.54, 1.807) is 0 Å². The number of benzene rings is 1. The zero-order valence-electron chi connectivity index (χ0n) is 13.0. The summed E-state index contributed by atoms with van der Waals surface area (Å²) in [5.74, 6) is 1.28. The molecule has 1 saturated carbocycles. The molecule has 2 aromatic rings. The van der Waals surface area contributed by atoms with Gasteiger partial charge in [-0.2, -0.15) is 18.3 Å². The lowest BCUT2D eigenvalue weighted by Gasteiger charge is -2.24. The van der Waals surface area contributed by atoms with Crippen molar-refractivity contribution in [3.05, 3.63) is 36.0 Å². The molecule has 0 radical (unpaired) electrons. The lowest BCUT2D eigenvalue weighted by atomic mass is 9.91. The molecule has 0 N–H and O–H groups in total. The highest BCUT2D eigenvalue weighted by atomic mass is 19.4. The van der Waals surface area contributed by atoms with Gasteiger partial charge in [-0.15, -0.1) is 5.10 Å². The van der Waals surface area contributed by atoms with Crippen LogP contribution in [0.25, 0.3) is 11.3 Å². The Hall–Kier alpha value is -2.18. The van der Waals surface area contributed by atoms with Crippen molar-refractivity contribution in [3.8, 4) is 11.3 Å². The number of alkyl halides is 3. The summed E-state index contributed by atoms with van der Waals surface area (Å²) in [5, 5.41) is 8.16. The fourth-order valence-corrected chi connectivity index (χ4v) is 3.77. The quantitative estimate of drug-likeness (QED) is 0.834. The summed E-state index contributed by atoms with van der Waals surface area (Å²) < 4.78 is 38.0. The predicted octanol–water partition coefficient (Wildman–Crippen LogP) is 3.94. The summed E-state index contributed by atoms with van der Waals surface area (Å²) in [6.07, 6.45) is 1.96. The average molecular weight is 334 g/mol. The first-order chi connectivity index (χ1) is 11.5. The van der Waals surface area contributed by atoms with Crippen LogP contribution in [-0.2, 0) is 6.18 Å². The van der Waals surface area contributed by atoms with Crippen LogP contribution in [0.5, 0.6) is 0 Å². The molecule has 1 saturated heterocycles. The van der Waals surface area contributed by atoms with Crippen molar-refractivity contribution in [1.29, 1.82) is 0 Å². The molecule has 126 valence electrons. The molecule has 0 amide bonds. The van der Waals surface area contributed by atoms with E-state index in [-0.39, 0.29) is 0 Å². The summed E-state index contributed by atoms with van der Waals surface area (Å²) >= 11 is 0. The van der Waals surface area contributed by atoms with Gasteiger partial charge in [0.15, 0.2) is 0 Å². The Bertz CT molecular complexity index is 729. The number of halogens is 3. The van der Waals surface area contributed by atoms with Crippen LogP contribution in [0.4, 0.5) is 19.1 Å². The number of nitrogens with zero attached hydrogens (tertiary/aromatic N) is 4. The van der Waals surface area contributed by atoms with E-state index in [0.29, 0.717) is 29.2 Å². The third kappa shape index (κ3) is 2.83. The standard InChI is InChI=1S/C17H17F3N4/c18-17(19,20)13-6-4-12(5-7-13)15-9-21-23-16(22-15)24-10-11-2-1-3-14(24)8-11/h4-7,9,11,14H,1-3,8,10H2/t11-,14+/m1/s1. The minimum absolute atomic E-state index is 0.466. The van der Waals surface area contributed by atoms with E-state index >= 15 is 0 Å². The maximum Gasteiger partial charge on any atom is 0.416 e. The molecule has 1 aromatic heterocycles. The monoisotopic (exact) mass is 334 g/mol. The van der Waals surface area contributed by atoms with Gasteiger partial charge in [-0.1, -0.05) is 18.6 Å². The van der Waals surface area contributed by atoms with Crippen molar-refractivity contribution < 1.29 is 13.2 Å². The normalized spacial score (nSPS) is 23.5. The Morgan fingerprint density at radius 1 is 1.08 bits per heavy atom. The van der Waals surface area contributed by atoms with E-state index in [1.165, 1.54) is 37.6 Å². The predicted molar refractivity (Wildman–Crippen MR) is 83.4 cm³/mol. The van der Waals surface area contributed by atoms with E-state index in [2.05, 4.69) is 20.1 Å². The third-order valence-corrected chi connectivity index (χ3v) is 4.96. The van der Waals surface area contributed by atoms with Gasteiger partial charge in [0.2, 0.25) is 5.95 Å². The van der Waals surface area contributed by atoms with Gasteiger partial charge >= 0.3 is 6.18 Å². The maximum absolute atomic E-state index is 12.7. The molecule has 0 spiro atoms. The Kier molecular flexibility index (Phi) is 3.66. The lowest BCUT2D eigenvalue weighted by Crippen LogP contribution is -2.30. The first kappa shape index (κ1) is 15.4. The molecule has 4 rings (SSSR count). The van der Waals surface area contributed by atoms with E-state index < -0.39 is 11.7 Å². The Balaban J connectivity index is 1.61. The molecular weight excluding hydrogens is 317 g/mol. The first-order valence-electron chi connectivity index (χ1n) is 8.15. The van der Waals surface area contributed by atoms with Crippen molar-refractivity contribution in [1.82, 2.24) is 15.2 Å². The van der Waals surface area contributed by atoms with Crippen LogP contribution in [0.15, 0.2) is 30.5 Å². The van der Waals surface area contributed by atoms with Gasteiger partial charge in [0, 0.05) is 18.2 Å². The molecule has 2 fully saturated rings. The molecule has 24 heavy (non-hydrogen) atoms. The molecule has 1 aromatic carbocycles. The van der Waals surface area contributed by atoms with Gasteiger partial charge in [0.1, 0.15) is 0 Å². The molecule has 7 heteroatoms. The summed E-state index contributed by atoms with van der Waals surface area (Å²) in [7, 11) is 0. The number of rotatable bonds is 2. The van der Waals surface area contributed by atoms with E-state index in [1.807, 2.05) is 0 Å². The minimum atomic E-state index is -4.33. The highest BCUT2D eigenvalue weighted by Gasteiger charge is 2.36.